The molecule has 0 fully saturated rings. The molecule has 31 heavy (non-hydrogen) atoms. The number of rotatable bonds is 6. The highest BCUT2D eigenvalue weighted by Gasteiger charge is 2.38. The third-order valence-corrected chi connectivity index (χ3v) is 4.41. The summed E-state index contributed by atoms with van der Waals surface area (Å²) in [5.74, 6) is -2.38. The Morgan fingerprint density at radius 2 is 1.81 bits per heavy atom. The molecular weight excluding hydrogens is 459 g/mol. The maximum Gasteiger partial charge on any atom is 0.432 e. The number of halogens is 6. The number of hydrogen-bond donors (Lipinski definition) is 4. The molecule has 0 aliphatic heterocycles. The minimum absolute atomic E-state index is 0.113. The van der Waals surface area contributed by atoms with Crippen LogP contribution in [0.5, 0.6) is 0 Å². The molecule has 0 saturated carbocycles. The largest absolute Gasteiger partial charge is 0.506 e. The van der Waals surface area contributed by atoms with Crippen LogP contribution in [-0.4, -0.2) is 23.2 Å². The first-order valence-corrected chi connectivity index (χ1v) is 8.98. The van der Waals surface area contributed by atoms with Crippen molar-refractivity contribution >= 4 is 40.8 Å². The van der Waals surface area contributed by atoms with Crippen LogP contribution in [0.25, 0.3) is 0 Å². The summed E-state index contributed by atoms with van der Waals surface area (Å²) in [4.78, 5) is 0. The van der Waals surface area contributed by atoms with Crippen LogP contribution in [0.4, 0.5) is 23.2 Å². The molecule has 0 spiro atoms. The molecule has 2 aromatic rings. The Labute approximate surface area is 183 Å². The summed E-state index contributed by atoms with van der Waals surface area (Å²) in [5.41, 5.74) is -5.42. The van der Waals surface area contributed by atoms with Crippen LogP contribution in [0.3, 0.4) is 0 Å². The van der Waals surface area contributed by atoms with Crippen LogP contribution >= 0.6 is 23.2 Å². The Hall–Kier alpha value is -3.35. The van der Waals surface area contributed by atoms with E-state index in [1.165, 1.54) is 42.5 Å². The Morgan fingerprint density at radius 3 is 2.32 bits per heavy atom. The van der Waals surface area contributed by atoms with E-state index in [-0.39, 0.29) is 21.9 Å². The Kier molecular flexibility index (Phi) is 7.44. The maximum atomic E-state index is 14.1. The molecule has 0 radical (unpaired) electrons. The van der Waals surface area contributed by atoms with Gasteiger partial charge in [-0.2, -0.15) is 18.4 Å². The maximum absolute atomic E-state index is 14.1. The number of benzene rings is 2. The second kappa shape index (κ2) is 9.64. The summed E-state index contributed by atoms with van der Waals surface area (Å²) in [6, 6.07) is 9.95. The molecule has 2 aromatic carbocycles. The molecule has 0 amide bonds. The minimum Gasteiger partial charge on any atom is -0.506 e. The van der Waals surface area contributed by atoms with Gasteiger partial charge in [0, 0.05) is 16.9 Å². The average molecular weight is 471 g/mol. The number of aliphatic hydroxyl groups excluding tert-OH is 1. The summed E-state index contributed by atoms with van der Waals surface area (Å²) >= 11 is 11.6. The fourth-order valence-corrected chi connectivity index (χ4v) is 2.93. The topological polar surface area (TPSA) is 104 Å². The lowest BCUT2D eigenvalue weighted by Gasteiger charge is -2.18. The Morgan fingerprint density at radius 1 is 1.16 bits per heavy atom. The van der Waals surface area contributed by atoms with Gasteiger partial charge in [-0.05, 0) is 30.3 Å². The normalized spacial score (nSPS) is 12.9. The number of nitrogens with one attached hydrogen (secondary N) is 3. The summed E-state index contributed by atoms with van der Waals surface area (Å²) in [6.07, 6.45) is -4.95. The van der Waals surface area contributed by atoms with Gasteiger partial charge in [0.2, 0.25) is 0 Å². The van der Waals surface area contributed by atoms with Crippen molar-refractivity contribution in [2.75, 3.05) is 5.32 Å². The standard InChI is InChI=1S/C20H12Cl2F4N4O/c21-10-3-1-4-11(7-10)30-19(20(24,25)26)13(9-28)18(31)12(8-27)17(29)16-14(22)5-2-6-15(16)23/h1-7,9,28-31H/b18-12-,19-13+,28-9?,29-17?. The van der Waals surface area contributed by atoms with Crippen molar-refractivity contribution in [1.82, 2.24) is 0 Å². The Bertz CT molecular complexity index is 1130. The van der Waals surface area contributed by atoms with Gasteiger partial charge in [-0.1, -0.05) is 35.3 Å². The van der Waals surface area contributed by atoms with Crippen molar-refractivity contribution in [3.05, 3.63) is 86.5 Å². The number of anilines is 1. The van der Waals surface area contributed by atoms with Gasteiger partial charge in [-0.15, -0.1) is 0 Å². The first-order chi connectivity index (χ1) is 14.5. The quantitative estimate of drug-likeness (QED) is 0.129. The number of nitriles is 1. The molecular formula is C20H12Cl2F4N4O. The van der Waals surface area contributed by atoms with Gasteiger partial charge in [0.15, 0.2) is 0 Å². The second-order valence-electron chi connectivity index (χ2n) is 5.87. The van der Waals surface area contributed by atoms with Gasteiger partial charge in [0.05, 0.1) is 21.9 Å². The molecule has 4 N–H and O–H groups in total. The van der Waals surface area contributed by atoms with Crippen LogP contribution in [0.2, 0.25) is 10.0 Å². The SMILES string of the molecule is N#C/C(C(=N)c1c(F)cccc1Cl)=C(O)\C(C=N)=C(\Nc1cccc(Cl)c1)C(F)(F)F. The second-order valence-corrected chi connectivity index (χ2v) is 6.72. The van der Waals surface area contributed by atoms with Crippen LogP contribution in [0.1, 0.15) is 5.56 Å². The van der Waals surface area contributed by atoms with Gasteiger partial charge < -0.3 is 15.8 Å². The van der Waals surface area contributed by atoms with Crippen molar-refractivity contribution in [2.24, 2.45) is 0 Å². The van der Waals surface area contributed by atoms with E-state index in [0.717, 1.165) is 6.07 Å². The summed E-state index contributed by atoms with van der Waals surface area (Å²) in [6.45, 7) is 0. The smallest absolute Gasteiger partial charge is 0.432 e. The van der Waals surface area contributed by atoms with Crippen molar-refractivity contribution in [2.45, 2.75) is 6.18 Å². The lowest BCUT2D eigenvalue weighted by Crippen LogP contribution is -2.23. The van der Waals surface area contributed by atoms with E-state index in [9.17, 15) is 27.9 Å². The van der Waals surface area contributed by atoms with E-state index >= 15 is 0 Å². The van der Waals surface area contributed by atoms with Crippen LogP contribution < -0.4 is 5.32 Å². The molecule has 0 aliphatic rings. The van der Waals surface area contributed by atoms with Crippen LogP contribution in [0, 0.1) is 28.0 Å². The summed E-state index contributed by atoms with van der Waals surface area (Å²) in [5, 5.41) is 37.1. The monoisotopic (exact) mass is 470 g/mol. The van der Waals surface area contributed by atoms with E-state index in [1.807, 2.05) is 5.32 Å². The molecule has 0 bridgehead atoms. The van der Waals surface area contributed by atoms with Crippen molar-refractivity contribution in [3.8, 4) is 6.07 Å². The molecule has 0 heterocycles. The molecule has 5 nitrogen and oxygen atoms in total. The zero-order valence-corrected chi connectivity index (χ0v) is 16.8. The van der Waals surface area contributed by atoms with E-state index in [0.29, 0.717) is 0 Å². The van der Waals surface area contributed by atoms with Gasteiger partial charge in [-0.25, -0.2) is 4.39 Å². The highest BCUT2D eigenvalue weighted by Crippen LogP contribution is 2.33. The van der Waals surface area contributed by atoms with E-state index in [1.54, 1.807) is 0 Å². The summed E-state index contributed by atoms with van der Waals surface area (Å²) in [7, 11) is 0. The van der Waals surface area contributed by atoms with Gasteiger partial charge in [-0.3, -0.25) is 5.41 Å². The van der Waals surface area contributed by atoms with Crippen molar-refractivity contribution in [1.29, 1.82) is 16.1 Å². The average Bonchev–Trinajstić information content (AvgIpc) is 2.67. The number of alkyl halides is 3. The molecule has 160 valence electrons. The molecule has 0 saturated heterocycles. The Balaban J connectivity index is 2.73. The highest BCUT2D eigenvalue weighted by atomic mass is 35.5. The van der Waals surface area contributed by atoms with Gasteiger partial charge >= 0.3 is 6.18 Å². The molecule has 0 aliphatic carbocycles. The third-order valence-electron chi connectivity index (χ3n) is 3.86. The highest BCUT2D eigenvalue weighted by molar-refractivity contribution is 6.35. The summed E-state index contributed by atoms with van der Waals surface area (Å²) < 4.78 is 55.3. The van der Waals surface area contributed by atoms with Crippen molar-refractivity contribution < 1.29 is 22.7 Å². The molecule has 11 heteroatoms. The molecule has 0 unspecified atom stereocenters. The fraction of sp³-hybridized carbons (Fsp3) is 0.0500. The lowest BCUT2D eigenvalue weighted by molar-refractivity contribution is -0.0908. The van der Waals surface area contributed by atoms with E-state index in [2.05, 4.69) is 0 Å². The number of aliphatic hydroxyl groups is 1. The number of allylic oxidation sites excluding steroid dienone is 3. The third kappa shape index (κ3) is 5.42. The zero-order valence-electron chi connectivity index (χ0n) is 15.3. The zero-order chi connectivity index (χ0) is 23.3. The van der Waals surface area contributed by atoms with Crippen LogP contribution in [0.15, 0.2) is 65.1 Å². The first-order valence-electron chi connectivity index (χ1n) is 8.22. The van der Waals surface area contributed by atoms with Gasteiger partial charge in [0.1, 0.15) is 28.9 Å². The first kappa shape index (κ1) is 23.9. The fourth-order valence-electron chi connectivity index (χ4n) is 2.48. The van der Waals surface area contributed by atoms with Gasteiger partial charge in [0.25, 0.3) is 0 Å². The number of nitrogens with zero attached hydrogens (tertiary/aromatic N) is 1. The minimum atomic E-state index is -5.11. The van der Waals surface area contributed by atoms with E-state index in [4.69, 9.17) is 34.0 Å². The molecule has 2 rings (SSSR count). The molecule has 0 atom stereocenters. The predicted molar refractivity (Wildman–Crippen MR) is 110 cm³/mol. The lowest BCUT2D eigenvalue weighted by atomic mass is 9.98. The van der Waals surface area contributed by atoms with Crippen LogP contribution in [-0.2, 0) is 0 Å². The molecule has 0 aromatic heterocycles. The number of hydrogen-bond acceptors (Lipinski definition) is 5. The van der Waals surface area contributed by atoms with E-state index < -0.39 is 45.9 Å². The van der Waals surface area contributed by atoms with Crippen molar-refractivity contribution in [3.63, 3.8) is 0 Å². The predicted octanol–water partition coefficient (Wildman–Crippen LogP) is 6.41.